The molecule has 1 aromatic carbocycles. The number of fused-ring (bicyclic) bond motifs is 2. The van der Waals surface area contributed by atoms with Gasteiger partial charge in [0.25, 0.3) is 0 Å². The summed E-state index contributed by atoms with van der Waals surface area (Å²) >= 11 is 1.40. The minimum absolute atomic E-state index is 0.0197. The van der Waals surface area contributed by atoms with Crippen molar-refractivity contribution < 1.29 is 13.9 Å². The molecule has 8 heteroatoms. The average Bonchev–Trinajstić information content (AvgIpc) is 3.60. The predicted octanol–water partition coefficient (Wildman–Crippen LogP) is 5.30. The van der Waals surface area contributed by atoms with Gasteiger partial charge in [-0.3, -0.25) is 9.36 Å². The van der Waals surface area contributed by atoms with Crippen LogP contribution in [0.1, 0.15) is 55.0 Å². The number of ether oxygens (including phenoxy) is 1. The van der Waals surface area contributed by atoms with Gasteiger partial charge in [-0.2, -0.15) is 0 Å². The molecule has 0 saturated heterocycles. The van der Waals surface area contributed by atoms with Gasteiger partial charge in [0.15, 0.2) is 28.3 Å². The number of carbonyl (C=O) groups is 1. The SMILES string of the molecule is C[C@@H]([C@H]1C[C@H]2CC[C@H]1C2)n1c(COc2ccccc2F)nnc1SCC(=O)c1ccc[nH]1. The van der Waals surface area contributed by atoms with E-state index in [9.17, 15) is 9.18 Å². The molecule has 0 unspecified atom stereocenters. The molecule has 2 aromatic heterocycles. The van der Waals surface area contributed by atoms with E-state index in [4.69, 9.17) is 4.74 Å². The second-order valence-electron chi connectivity index (χ2n) is 8.86. The lowest BCUT2D eigenvalue weighted by atomic mass is 9.84. The fourth-order valence-corrected chi connectivity index (χ4v) is 6.33. The summed E-state index contributed by atoms with van der Waals surface area (Å²) in [6.07, 6.45) is 6.91. The highest BCUT2D eigenvalue weighted by molar-refractivity contribution is 7.99. The maximum absolute atomic E-state index is 14.0. The molecule has 2 aliphatic carbocycles. The second kappa shape index (κ2) is 9.10. The summed E-state index contributed by atoms with van der Waals surface area (Å²) in [6.45, 7) is 2.35. The van der Waals surface area contributed by atoms with Gasteiger partial charge in [-0.05, 0) is 68.2 Å². The van der Waals surface area contributed by atoms with Gasteiger partial charge in [0, 0.05) is 12.2 Å². The van der Waals surface area contributed by atoms with Crippen LogP contribution in [0.15, 0.2) is 47.8 Å². The molecule has 1 N–H and O–H groups in total. The van der Waals surface area contributed by atoms with Crippen LogP contribution in [0, 0.1) is 23.6 Å². The van der Waals surface area contributed by atoms with E-state index in [1.165, 1.54) is 43.5 Å². The van der Waals surface area contributed by atoms with E-state index in [2.05, 4.69) is 26.7 Å². The summed E-state index contributed by atoms with van der Waals surface area (Å²) in [4.78, 5) is 15.5. The molecular weight excluding hydrogens is 427 g/mol. The molecule has 0 amide bonds. The molecule has 0 radical (unpaired) electrons. The highest BCUT2D eigenvalue weighted by Gasteiger charge is 2.43. The van der Waals surface area contributed by atoms with E-state index < -0.39 is 5.82 Å². The average molecular weight is 455 g/mol. The van der Waals surface area contributed by atoms with Crippen molar-refractivity contribution >= 4 is 17.5 Å². The van der Waals surface area contributed by atoms with E-state index in [0.717, 1.165) is 11.8 Å². The summed E-state index contributed by atoms with van der Waals surface area (Å²) in [5.74, 6) is 2.89. The zero-order chi connectivity index (χ0) is 22.1. The van der Waals surface area contributed by atoms with Gasteiger partial charge in [0.05, 0.1) is 11.4 Å². The number of aromatic amines is 1. The first-order valence-electron chi connectivity index (χ1n) is 11.2. The molecule has 168 valence electrons. The van der Waals surface area contributed by atoms with E-state index in [-0.39, 0.29) is 29.9 Å². The number of H-pyrrole nitrogens is 1. The molecule has 0 spiro atoms. The van der Waals surface area contributed by atoms with Crippen molar-refractivity contribution in [3.05, 3.63) is 59.9 Å². The normalized spacial score (nSPS) is 22.9. The molecule has 4 atom stereocenters. The van der Waals surface area contributed by atoms with Crippen LogP contribution in [-0.4, -0.2) is 31.3 Å². The van der Waals surface area contributed by atoms with Crippen molar-refractivity contribution in [2.24, 2.45) is 17.8 Å². The maximum Gasteiger partial charge on any atom is 0.192 e. The van der Waals surface area contributed by atoms with Crippen LogP contribution in [-0.2, 0) is 6.61 Å². The number of nitrogens with one attached hydrogen (secondary N) is 1. The summed E-state index contributed by atoms with van der Waals surface area (Å²) < 4.78 is 21.9. The summed E-state index contributed by atoms with van der Waals surface area (Å²) in [7, 11) is 0. The topological polar surface area (TPSA) is 72.8 Å². The zero-order valence-corrected chi connectivity index (χ0v) is 18.9. The number of halogens is 1. The predicted molar refractivity (Wildman–Crippen MR) is 120 cm³/mol. The number of hydrogen-bond donors (Lipinski definition) is 1. The lowest BCUT2D eigenvalue weighted by Crippen LogP contribution is -2.24. The Labute approximate surface area is 191 Å². The Morgan fingerprint density at radius 3 is 2.84 bits per heavy atom. The molecule has 2 heterocycles. The molecule has 2 fully saturated rings. The number of thioether (sulfide) groups is 1. The fourth-order valence-electron chi connectivity index (χ4n) is 5.41. The second-order valence-corrected chi connectivity index (χ2v) is 9.81. The van der Waals surface area contributed by atoms with Crippen LogP contribution in [0.25, 0.3) is 0 Å². The summed E-state index contributed by atoms with van der Waals surface area (Å²) in [5.41, 5.74) is 0.591. The van der Waals surface area contributed by atoms with Gasteiger partial charge < -0.3 is 9.72 Å². The van der Waals surface area contributed by atoms with Crippen molar-refractivity contribution in [2.45, 2.75) is 50.4 Å². The Bertz CT molecular complexity index is 1080. The van der Waals surface area contributed by atoms with Gasteiger partial charge in [-0.25, -0.2) is 4.39 Å². The van der Waals surface area contributed by atoms with Crippen molar-refractivity contribution in [2.75, 3.05) is 5.75 Å². The van der Waals surface area contributed by atoms with Crippen LogP contribution in [0.2, 0.25) is 0 Å². The number of benzene rings is 1. The first-order chi connectivity index (χ1) is 15.6. The van der Waals surface area contributed by atoms with Crippen molar-refractivity contribution in [1.29, 1.82) is 0 Å². The highest BCUT2D eigenvalue weighted by atomic mass is 32.2. The van der Waals surface area contributed by atoms with Crippen LogP contribution >= 0.6 is 11.8 Å². The van der Waals surface area contributed by atoms with Gasteiger partial charge in [-0.1, -0.05) is 30.3 Å². The molecular formula is C24H27FN4O2S. The van der Waals surface area contributed by atoms with Crippen LogP contribution in [0.5, 0.6) is 5.75 Å². The Kier molecular flexibility index (Phi) is 6.04. The third kappa shape index (κ3) is 4.20. The summed E-state index contributed by atoms with van der Waals surface area (Å²) in [6, 6.07) is 10.2. The molecule has 3 aromatic rings. The number of rotatable bonds is 9. The number of carbonyl (C=O) groups excluding carboxylic acids is 1. The first-order valence-corrected chi connectivity index (χ1v) is 12.2. The third-order valence-corrected chi connectivity index (χ3v) is 7.92. The molecule has 2 saturated carbocycles. The molecule has 32 heavy (non-hydrogen) atoms. The van der Waals surface area contributed by atoms with Gasteiger partial charge in [-0.15, -0.1) is 10.2 Å². The largest absolute Gasteiger partial charge is 0.483 e. The Morgan fingerprint density at radius 2 is 2.12 bits per heavy atom. The Morgan fingerprint density at radius 1 is 1.25 bits per heavy atom. The number of hydrogen-bond acceptors (Lipinski definition) is 5. The molecule has 5 rings (SSSR count). The standard InChI is InChI=1S/C24H27FN4O2S/c1-15(18-12-16-8-9-17(18)11-16)29-23(13-31-22-7-3-2-5-19(22)25)27-28-24(29)32-14-21(30)20-6-4-10-26-20/h2-7,10,15-18,26H,8-9,11-14H2,1H3/t15-,16-,17-,18+/m0/s1. The van der Waals surface area contributed by atoms with Crippen LogP contribution in [0.3, 0.4) is 0 Å². The van der Waals surface area contributed by atoms with E-state index in [0.29, 0.717) is 22.6 Å². The minimum Gasteiger partial charge on any atom is -0.483 e. The van der Waals surface area contributed by atoms with Gasteiger partial charge >= 0.3 is 0 Å². The minimum atomic E-state index is -0.397. The van der Waals surface area contributed by atoms with E-state index in [1.807, 2.05) is 6.07 Å². The van der Waals surface area contributed by atoms with Crippen molar-refractivity contribution in [1.82, 2.24) is 19.7 Å². The quantitative estimate of drug-likeness (QED) is 0.351. The smallest absolute Gasteiger partial charge is 0.192 e. The van der Waals surface area contributed by atoms with Gasteiger partial charge in [0.2, 0.25) is 0 Å². The number of Topliss-reactive ketones (excluding diaryl/α,β-unsaturated/α-hetero) is 1. The number of ketones is 1. The lowest BCUT2D eigenvalue weighted by Gasteiger charge is -2.30. The van der Waals surface area contributed by atoms with E-state index >= 15 is 0 Å². The maximum atomic E-state index is 14.0. The Balaban J connectivity index is 1.37. The summed E-state index contributed by atoms with van der Waals surface area (Å²) in [5, 5.41) is 9.50. The monoisotopic (exact) mass is 454 g/mol. The van der Waals surface area contributed by atoms with Crippen molar-refractivity contribution in [3.63, 3.8) is 0 Å². The van der Waals surface area contributed by atoms with Gasteiger partial charge in [0.1, 0.15) is 6.61 Å². The first kappa shape index (κ1) is 21.2. The van der Waals surface area contributed by atoms with E-state index in [1.54, 1.807) is 30.5 Å². The molecule has 6 nitrogen and oxygen atoms in total. The number of nitrogens with zero attached hydrogens (tertiary/aromatic N) is 3. The highest BCUT2D eigenvalue weighted by Crippen LogP contribution is 2.52. The molecule has 2 bridgehead atoms. The number of aromatic nitrogens is 4. The number of para-hydroxylation sites is 1. The molecule has 0 aliphatic heterocycles. The lowest BCUT2D eigenvalue weighted by molar-refractivity contribution is 0.101. The third-order valence-electron chi connectivity index (χ3n) is 6.98. The Hall–Kier alpha value is -2.61. The van der Waals surface area contributed by atoms with Crippen LogP contribution < -0.4 is 4.74 Å². The zero-order valence-electron chi connectivity index (χ0n) is 18.0. The fraction of sp³-hybridized carbons (Fsp3) is 0.458. The molecule has 2 aliphatic rings. The van der Waals surface area contributed by atoms with Crippen molar-refractivity contribution in [3.8, 4) is 5.75 Å². The van der Waals surface area contributed by atoms with Crippen LogP contribution in [0.4, 0.5) is 4.39 Å².